The van der Waals surface area contributed by atoms with E-state index in [1.54, 1.807) is 0 Å². The van der Waals surface area contributed by atoms with Gasteiger partial charge in [0.15, 0.2) is 0 Å². The molecular formula is C19H24N2O2. The molecule has 4 nitrogen and oxygen atoms in total. The van der Waals surface area contributed by atoms with E-state index in [4.69, 9.17) is 5.73 Å². The Kier molecular flexibility index (Phi) is 2.94. The van der Waals surface area contributed by atoms with Crippen molar-refractivity contribution in [2.24, 2.45) is 10.8 Å². The second kappa shape index (κ2) is 4.59. The zero-order valence-corrected chi connectivity index (χ0v) is 13.9. The Bertz CT molecular complexity index is 687. The van der Waals surface area contributed by atoms with Crippen LogP contribution in [0.25, 0.3) is 0 Å². The number of Topliss-reactive ketones (excluding diaryl/α,β-unsaturated/α-hetero) is 2. The summed E-state index contributed by atoms with van der Waals surface area (Å²) in [6.45, 7) is 4.97. The van der Waals surface area contributed by atoms with E-state index in [9.17, 15) is 9.59 Å². The molecule has 2 aliphatic heterocycles. The molecule has 2 fully saturated rings. The number of hydrogen-bond acceptors (Lipinski definition) is 4. The zero-order chi connectivity index (χ0) is 16.4. The summed E-state index contributed by atoms with van der Waals surface area (Å²) in [4.78, 5) is 28.6. The first-order valence-electron chi connectivity index (χ1n) is 8.55. The van der Waals surface area contributed by atoms with E-state index in [2.05, 4.69) is 11.0 Å². The van der Waals surface area contributed by atoms with Crippen LogP contribution in [0.4, 0.5) is 11.4 Å². The van der Waals surface area contributed by atoms with E-state index < -0.39 is 5.41 Å². The Morgan fingerprint density at radius 1 is 1.13 bits per heavy atom. The monoisotopic (exact) mass is 312 g/mol. The number of fused-ring (bicyclic) bond motifs is 4. The van der Waals surface area contributed by atoms with Crippen molar-refractivity contribution in [2.75, 3.05) is 17.2 Å². The molecule has 0 aromatic heterocycles. The highest BCUT2D eigenvalue weighted by molar-refractivity contribution is 6.11. The maximum Gasteiger partial charge on any atom is 0.149 e. The standard InChI is InChI=1S/C19H24N2O2/c1-18(2)10-16(22)19(17(23)11-18)9-12-8-13(20)5-6-14(12)21-7-3-4-15(19)21/h5-6,8,15H,3-4,7,9-11,20H2,1-2H3. The number of carbonyl (C=O) groups is 2. The molecular weight excluding hydrogens is 288 g/mol. The molecule has 23 heavy (non-hydrogen) atoms. The van der Waals surface area contributed by atoms with Crippen LogP contribution in [0.3, 0.4) is 0 Å². The summed E-state index contributed by atoms with van der Waals surface area (Å²) < 4.78 is 0. The summed E-state index contributed by atoms with van der Waals surface area (Å²) in [5.74, 6) is 0.285. The molecule has 122 valence electrons. The number of nitrogens with zero attached hydrogens (tertiary/aromatic N) is 1. The molecule has 0 bridgehead atoms. The summed E-state index contributed by atoms with van der Waals surface area (Å²) in [5, 5.41) is 0. The fourth-order valence-corrected chi connectivity index (χ4v) is 4.98. The van der Waals surface area contributed by atoms with Crippen LogP contribution in [-0.2, 0) is 16.0 Å². The molecule has 2 heterocycles. The van der Waals surface area contributed by atoms with Gasteiger partial charge in [-0.2, -0.15) is 0 Å². The minimum absolute atomic E-state index is 0.0368. The Balaban J connectivity index is 1.86. The maximum atomic E-state index is 13.2. The van der Waals surface area contributed by atoms with Crippen LogP contribution < -0.4 is 10.6 Å². The summed E-state index contributed by atoms with van der Waals surface area (Å²) in [6.07, 6.45) is 3.51. The normalized spacial score (nSPS) is 27.9. The number of ketones is 2. The van der Waals surface area contributed by atoms with Crippen molar-refractivity contribution in [1.29, 1.82) is 0 Å². The van der Waals surface area contributed by atoms with Crippen LogP contribution in [0.5, 0.6) is 0 Å². The van der Waals surface area contributed by atoms with Crippen molar-refractivity contribution in [3.63, 3.8) is 0 Å². The van der Waals surface area contributed by atoms with Gasteiger partial charge >= 0.3 is 0 Å². The average molecular weight is 312 g/mol. The second-order valence-electron chi connectivity index (χ2n) is 8.25. The third-order valence-corrected chi connectivity index (χ3v) is 5.98. The van der Waals surface area contributed by atoms with Crippen molar-refractivity contribution in [2.45, 2.75) is 52.0 Å². The molecule has 0 radical (unpaired) electrons. The van der Waals surface area contributed by atoms with Crippen LogP contribution in [-0.4, -0.2) is 24.2 Å². The highest BCUT2D eigenvalue weighted by Gasteiger charge is 2.60. The van der Waals surface area contributed by atoms with Gasteiger partial charge in [-0.15, -0.1) is 0 Å². The van der Waals surface area contributed by atoms with Crippen molar-refractivity contribution in [3.8, 4) is 0 Å². The van der Waals surface area contributed by atoms with Crippen molar-refractivity contribution in [3.05, 3.63) is 23.8 Å². The predicted molar refractivity (Wildman–Crippen MR) is 90.4 cm³/mol. The number of rotatable bonds is 0. The fourth-order valence-electron chi connectivity index (χ4n) is 4.98. The topological polar surface area (TPSA) is 63.4 Å². The van der Waals surface area contributed by atoms with Gasteiger partial charge in [0.05, 0.1) is 0 Å². The average Bonchev–Trinajstić information content (AvgIpc) is 2.93. The highest BCUT2D eigenvalue weighted by atomic mass is 16.2. The summed E-state index contributed by atoms with van der Waals surface area (Å²) in [7, 11) is 0. The van der Waals surface area contributed by atoms with E-state index in [-0.39, 0.29) is 23.0 Å². The quantitative estimate of drug-likeness (QED) is 0.591. The molecule has 1 saturated carbocycles. The summed E-state index contributed by atoms with van der Waals surface area (Å²) in [6, 6.07) is 5.96. The Morgan fingerprint density at radius 2 is 1.83 bits per heavy atom. The summed E-state index contributed by atoms with van der Waals surface area (Å²) >= 11 is 0. The van der Waals surface area contributed by atoms with Gasteiger partial charge in [0.2, 0.25) is 0 Å². The lowest BCUT2D eigenvalue weighted by Crippen LogP contribution is -2.61. The van der Waals surface area contributed by atoms with Crippen LogP contribution in [0, 0.1) is 10.8 Å². The lowest BCUT2D eigenvalue weighted by molar-refractivity contribution is -0.150. The number of hydrogen-bond donors (Lipinski definition) is 1. The van der Waals surface area contributed by atoms with Crippen LogP contribution >= 0.6 is 0 Å². The van der Waals surface area contributed by atoms with Gasteiger partial charge < -0.3 is 10.6 Å². The van der Waals surface area contributed by atoms with E-state index in [0.717, 1.165) is 30.6 Å². The largest absolute Gasteiger partial charge is 0.399 e. The van der Waals surface area contributed by atoms with Crippen molar-refractivity contribution < 1.29 is 9.59 Å². The first kappa shape index (κ1) is 14.7. The molecule has 4 heteroatoms. The maximum absolute atomic E-state index is 13.2. The van der Waals surface area contributed by atoms with Gasteiger partial charge in [0.25, 0.3) is 0 Å². The first-order chi connectivity index (χ1) is 10.8. The molecule has 1 unspecified atom stereocenters. The van der Waals surface area contributed by atoms with Gasteiger partial charge in [-0.05, 0) is 48.4 Å². The number of carbonyl (C=O) groups excluding carboxylic acids is 2. The van der Waals surface area contributed by atoms with Crippen LogP contribution in [0.2, 0.25) is 0 Å². The van der Waals surface area contributed by atoms with Crippen molar-refractivity contribution in [1.82, 2.24) is 0 Å². The molecule has 1 aliphatic carbocycles. The van der Waals surface area contributed by atoms with Gasteiger partial charge in [0.1, 0.15) is 17.0 Å². The van der Waals surface area contributed by atoms with Crippen LogP contribution in [0.1, 0.15) is 45.1 Å². The third-order valence-electron chi connectivity index (χ3n) is 5.98. The van der Waals surface area contributed by atoms with Crippen molar-refractivity contribution >= 4 is 22.9 Å². The molecule has 1 atom stereocenters. The summed E-state index contributed by atoms with van der Waals surface area (Å²) in [5.41, 5.74) is 7.84. The Labute approximate surface area is 137 Å². The SMILES string of the molecule is CC1(C)CC(=O)C2(Cc3cc(N)ccc3N3CCCC32)C(=O)C1. The number of nitrogens with two attached hydrogens (primary N) is 1. The van der Waals surface area contributed by atoms with Gasteiger partial charge in [0, 0.05) is 36.8 Å². The third kappa shape index (κ3) is 1.97. The first-order valence-corrected chi connectivity index (χ1v) is 8.55. The Hall–Kier alpha value is -1.84. The molecule has 1 aromatic carbocycles. The number of anilines is 2. The molecule has 0 amide bonds. The molecule has 1 saturated heterocycles. The smallest absolute Gasteiger partial charge is 0.149 e. The Morgan fingerprint density at radius 3 is 2.52 bits per heavy atom. The number of benzene rings is 1. The minimum atomic E-state index is -0.840. The molecule has 1 spiro atoms. The van der Waals surface area contributed by atoms with Gasteiger partial charge in [-0.25, -0.2) is 0 Å². The predicted octanol–water partition coefficient (Wildman–Crippen LogP) is 2.74. The second-order valence-corrected chi connectivity index (χ2v) is 8.25. The van der Waals surface area contributed by atoms with E-state index in [1.165, 1.54) is 0 Å². The molecule has 2 N–H and O–H groups in total. The number of nitrogen functional groups attached to an aromatic ring is 1. The molecule has 3 aliphatic rings. The van der Waals surface area contributed by atoms with Gasteiger partial charge in [-0.1, -0.05) is 13.8 Å². The lowest BCUT2D eigenvalue weighted by Gasteiger charge is -2.50. The molecule has 4 rings (SSSR count). The van der Waals surface area contributed by atoms with E-state index in [0.29, 0.717) is 24.9 Å². The minimum Gasteiger partial charge on any atom is -0.399 e. The van der Waals surface area contributed by atoms with E-state index >= 15 is 0 Å². The fraction of sp³-hybridized carbons (Fsp3) is 0.579. The molecule has 1 aromatic rings. The zero-order valence-electron chi connectivity index (χ0n) is 13.9. The van der Waals surface area contributed by atoms with Gasteiger partial charge in [-0.3, -0.25) is 9.59 Å². The van der Waals surface area contributed by atoms with E-state index in [1.807, 2.05) is 26.0 Å². The highest BCUT2D eigenvalue weighted by Crippen LogP contribution is 2.52. The lowest BCUT2D eigenvalue weighted by atomic mass is 9.56. The van der Waals surface area contributed by atoms with Crippen LogP contribution in [0.15, 0.2) is 18.2 Å².